The van der Waals surface area contributed by atoms with Crippen LogP contribution in [0.4, 0.5) is 0 Å². The highest BCUT2D eigenvalue weighted by Gasteiger charge is 2.29. The molecule has 1 fully saturated rings. The SMILES string of the molecule is Cc1nc(-c2ccccc2)nc2c1CCN(C(=O)C1CCNN1)CC2. The molecule has 0 saturated carbocycles. The van der Waals surface area contributed by atoms with Gasteiger partial charge in [-0.15, -0.1) is 0 Å². The van der Waals surface area contributed by atoms with Crippen molar-refractivity contribution in [2.24, 2.45) is 0 Å². The molecule has 0 radical (unpaired) electrons. The number of carbonyl (C=O) groups excluding carboxylic acids is 1. The minimum atomic E-state index is -0.103. The summed E-state index contributed by atoms with van der Waals surface area (Å²) in [5.74, 6) is 0.963. The molecule has 2 aliphatic heterocycles. The third kappa shape index (κ3) is 3.27. The number of fused-ring (bicyclic) bond motifs is 1. The van der Waals surface area contributed by atoms with Crippen LogP contribution in [0.15, 0.2) is 30.3 Å². The summed E-state index contributed by atoms with van der Waals surface area (Å²) in [4.78, 5) is 24.2. The van der Waals surface area contributed by atoms with Gasteiger partial charge in [0.05, 0.1) is 0 Å². The number of hydrogen-bond acceptors (Lipinski definition) is 5. The Bertz CT molecular complexity index is 771. The minimum Gasteiger partial charge on any atom is -0.341 e. The number of nitrogens with one attached hydrogen (secondary N) is 2. The smallest absolute Gasteiger partial charge is 0.241 e. The molecule has 2 aromatic rings. The summed E-state index contributed by atoms with van der Waals surface area (Å²) in [5, 5.41) is 0. The summed E-state index contributed by atoms with van der Waals surface area (Å²) in [6, 6.07) is 9.97. The van der Waals surface area contributed by atoms with E-state index >= 15 is 0 Å². The van der Waals surface area contributed by atoms with Gasteiger partial charge in [-0.1, -0.05) is 30.3 Å². The zero-order chi connectivity index (χ0) is 17.2. The summed E-state index contributed by atoms with van der Waals surface area (Å²) < 4.78 is 0. The monoisotopic (exact) mass is 337 g/mol. The van der Waals surface area contributed by atoms with Crippen LogP contribution in [0.1, 0.15) is 23.4 Å². The highest BCUT2D eigenvalue weighted by molar-refractivity contribution is 5.82. The Balaban J connectivity index is 1.57. The first kappa shape index (κ1) is 16.2. The van der Waals surface area contributed by atoms with Crippen molar-refractivity contribution in [3.63, 3.8) is 0 Å². The van der Waals surface area contributed by atoms with Gasteiger partial charge in [0.15, 0.2) is 5.82 Å². The molecular weight excluding hydrogens is 314 g/mol. The fraction of sp³-hybridized carbons (Fsp3) is 0.421. The number of amides is 1. The molecular formula is C19H23N5O. The highest BCUT2D eigenvalue weighted by atomic mass is 16.2. The Labute approximate surface area is 147 Å². The first-order valence-corrected chi connectivity index (χ1v) is 8.91. The lowest BCUT2D eigenvalue weighted by Gasteiger charge is -2.23. The molecule has 2 aliphatic rings. The van der Waals surface area contributed by atoms with Gasteiger partial charge in [0.25, 0.3) is 0 Å². The lowest BCUT2D eigenvalue weighted by Crippen LogP contribution is -2.46. The molecule has 25 heavy (non-hydrogen) atoms. The van der Waals surface area contributed by atoms with Crippen molar-refractivity contribution in [3.8, 4) is 11.4 Å². The third-order valence-corrected chi connectivity index (χ3v) is 5.03. The zero-order valence-corrected chi connectivity index (χ0v) is 14.5. The van der Waals surface area contributed by atoms with Crippen molar-refractivity contribution < 1.29 is 4.79 Å². The van der Waals surface area contributed by atoms with Crippen LogP contribution in [0.3, 0.4) is 0 Å². The second-order valence-corrected chi connectivity index (χ2v) is 6.66. The van der Waals surface area contributed by atoms with Gasteiger partial charge < -0.3 is 4.90 Å². The van der Waals surface area contributed by atoms with E-state index in [9.17, 15) is 4.79 Å². The van der Waals surface area contributed by atoms with Gasteiger partial charge in [0.1, 0.15) is 6.04 Å². The molecule has 3 heterocycles. The largest absolute Gasteiger partial charge is 0.341 e. The average Bonchev–Trinajstić information content (AvgIpc) is 3.09. The Hall–Kier alpha value is -2.31. The normalized spacial score (nSPS) is 20.2. The van der Waals surface area contributed by atoms with Gasteiger partial charge in [-0.25, -0.2) is 15.4 Å². The van der Waals surface area contributed by atoms with Gasteiger partial charge in [-0.05, 0) is 25.3 Å². The minimum absolute atomic E-state index is 0.103. The molecule has 1 saturated heterocycles. The van der Waals surface area contributed by atoms with E-state index in [1.165, 1.54) is 5.56 Å². The number of rotatable bonds is 2. The molecule has 1 aromatic carbocycles. The molecule has 130 valence electrons. The summed E-state index contributed by atoms with van der Waals surface area (Å²) in [5.41, 5.74) is 10.5. The fourth-order valence-corrected chi connectivity index (χ4v) is 3.61. The van der Waals surface area contributed by atoms with Crippen molar-refractivity contribution in [1.82, 2.24) is 25.7 Å². The number of hydrazine groups is 1. The van der Waals surface area contributed by atoms with Gasteiger partial charge in [0, 0.05) is 43.0 Å². The second-order valence-electron chi connectivity index (χ2n) is 6.66. The molecule has 1 amide bonds. The quantitative estimate of drug-likeness (QED) is 0.863. The Morgan fingerprint density at radius 2 is 1.96 bits per heavy atom. The van der Waals surface area contributed by atoms with Crippen LogP contribution in [0, 0.1) is 6.92 Å². The van der Waals surface area contributed by atoms with Gasteiger partial charge in [-0.3, -0.25) is 10.2 Å². The first-order chi connectivity index (χ1) is 12.2. The van der Waals surface area contributed by atoms with Crippen LogP contribution in [-0.4, -0.2) is 46.5 Å². The Morgan fingerprint density at radius 1 is 1.16 bits per heavy atom. The third-order valence-electron chi connectivity index (χ3n) is 5.03. The lowest BCUT2D eigenvalue weighted by molar-refractivity contribution is -0.133. The maximum atomic E-state index is 12.7. The molecule has 1 aromatic heterocycles. The Morgan fingerprint density at radius 3 is 2.72 bits per heavy atom. The zero-order valence-electron chi connectivity index (χ0n) is 14.5. The van der Waals surface area contributed by atoms with Crippen LogP contribution < -0.4 is 10.9 Å². The standard InChI is InChI=1S/C19H23N5O/c1-13-15-8-11-24(19(25)17-7-10-20-23-17)12-9-16(15)22-18(21-13)14-5-3-2-4-6-14/h2-6,17,20,23H,7-12H2,1H3. The summed E-state index contributed by atoms with van der Waals surface area (Å²) in [7, 11) is 0. The van der Waals surface area contributed by atoms with Crippen LogP contribution in [0.5, 0.6) is 0 Å². The van der Waals surface area contributed by atoms with E-state index in [4.69, 9.17) is 9.97 Å². The summed E-state index contributed by atoms with van der Waals surface area (Å²) in [6.07, 6.45) is 2.45. The van der Waals surface area contributed by atoms with E-state index in [0.29, 0.717) is 6.54 Å². The van der Waals surface area contributed by atoms with Crippen molar-refractivity contribution in [2.75, 3.05) is 19.6 Å². The van der Waals surface area contributed by atoms with Gasteiger partial charge in [-0.2, -0.15) is 0 Å². The molecule has 0 spiro atoms. The predicted octanol–water partition coefficient (Wildman–Crippen LogP) is 1.25. The fourth-order valence-electron chi connectivity index (χ4n) is 3.61. The van der Waals surface area contributed by atoms with Crippen LogP contribution in [-0.2, 0) is 17.6 Å². The van der Waals surface area contributed by atoms with Crippen LogP contribution >= 0.6 is 0 Å². The summed E-state index contributed by atoms with van der Waals surface area (Å²) in [6.45, 7) is 4.34. The lowest BCUT2D eigenvalue weighted by atomic mass is 10.1. The predicted molar refractivity (Wildman–Crippen MR) is 95.7 cm³/mol. The number of aryl methyl sites for hydroxylation is 1. The maximum Gasteiger partial charge on any atom is 0.241 e. The first-order valence-electron chi connectivity index (χ1n) is 8.91. The molecule has 4 rings (SSSR count). The topological polar surface area (TPSA) is 70.2 Å². The Kier molecular flexibility index (Phi) is 4.46. The molecule has 0 aliphatic carbocycles. The van der Waals surface area contributed by atoms with Gasteiger partial charge >= 0.3 is 0 Å². The number of nitrogens with zero attached hydrogens (tertiary/aromatic N) is 3. The van der Waals surface area contributed by atoms with Gasteiger partial charge in [0.2, 0.25) is 5.91 Å². The molecule has 1 atom stereocenters. The maximum absolute atomic E-state index is 12.7. The number of aromatic nitrogens is 2. The molecule has 6 nitrogen and oxygen atoms in total. The van der Waals surface area contributed by atoms with E-state index in [2.05, 4.69) is 10.9 Å². The number of benzene rings is 1. The van der Waals surface area contributed by atoms with Crippen molar-refractivity contribution in [1.29, 1.82) is 0 Å². The average molecular weight is 337 g/mol. The number of carbonyl (C=O) groups is 1. The molecule has 0 bridgehead atoms. The van der Waals surface area contributed by atoms with Crippen molar-refractivity contribution in [2.45, 2.75) is 32.2 Å². The number of hydrogen-bond donors (Lipinski definition) is 2. The van der Waals surface area contributed by atoms with Crippen LogP contribution in [0.25, 0.3) is 11.4 Å². The molecule has 6 heteroatoms. The molecule has 2 N–H and O–H groups in total. The van der Waals surface area contributed by atoms with E-state index in [1.807, 2.05) is 42.2 Å². The van der Waals surface area contributed by atoms with Crippen molar-refractivity contribution >= 4 is 5.91 Å². The van der Waals surface area contributed by atoms with Crippen molar-refractivity contribution in [3.05, 3.63) is 47.3 Å². The highest BCUT2D eigenvalue weighted by Crippen LogP contribution is 2.22. The van der Waals surface area contributed by atoms with E-state index in [-0.39, 0.29) is 11.9 Å². The van der Waals surface area contributed by atoms with E-state index in [1.54, 1.807) is 0 Å². The van der Waals surface area contributed by atoms with E-state index in [0.717, 1.165) is 55.1 Å². The molecule has 1 unspecified atom stereocenters. The second kappa shape index (κ2) is 6.90. The summed E-state index contributed by atoms with van der Waals surface area (Å²) >= 11 is 0. The van der Waals surface area contributed by atoms with E-state index < -0.39 is 0 Å². The van der Waals surface area contributed by atoms with Crippen LogP contribution in [0.2, 0.25) is 0 Å².